The average molecular weight is 311 g/mol. The van der Waals surface area contributed by atoms with Crippen LogP contribution in [0.4, 0.5) is 4.39 Å². The fourth-order valence-electron chi connectivity index (χ4n) is 2.73. The van der Waals surface area contributed by atoms with Crippen molar-refractivity contribution in [3.8, 4) is 0 Å². The summed E-state index contributed by atoms with van der Waals surface area (Å²) >= 11 is 0. The Kier molecular flexibility index (Phi) is 3.89. The van der Waals surface area contributed by atoms with Crippen molar-refractivity contribution >= 4 is 5.97 Å². The molecule has 0 saturated heterocycles. The molecular weight excluding hydrogens is 297 g/mol. The van der Waals surface area contributed by atoms with Crippen molar-refractivity contribution in [2.45, 2.75) is 12.0 Å². The van der Waals surface area contributed by atoms with Crippen LogP contribution in [0.25, 0.3) is 0 Å². The van der Waals surface area contributed by atoms with Gasteiger partial charge >= 0.3 is 5.97 Å². The van der Waals surface area contributed by atoms with Gasteiger partial charge in [0.15, 0.2) is 0 Å². The number of aliphatic carboxylic acids is 1. The van der Waals surface area contributed by atoms with Crippen LogP contribution in [0.15, 0.2) is 67.3 Å². The van der Waals surface area contributed by atoms with Crippen molar-refractivity contribution in [2.75, 3.05) is 0 Å². The van der Waals surface area contributed by atoms with Crippen LogP contribution in [-0.4, -0.2) is 25.8 Å². The summed E-state index contributed by atoms with van der Waals surface area (Å²) in [5.74, 6) is -1.72. The minimum atomic E-state index is -1.60. The normalized spacial score (nSPS) is 13.4. The molecule has 1 aromatic heterocycles. The predicted molar refractivity (Wildman–Crippen MR) is 81.3 cm³/mol. The first-order valence-corrected chi connectivity index (χ1v) is 7.01. The number of carboxylic acids is 1. The quantitative estimate of drug-likeness (QED) is 0.786. The second-order valence-electron chi connectivity index (χ2n) is 5.15. The van der Waals surface area contributed by atoms with Crippen molar-refractivity contribution in [3.05, 3.63) is 84.2 Å². The third-order valence-corrected chi connectivity index (χ3v) is 3.83. The predicted octanol–water partition coefficient (Wildman–Crippen LogP) is 2.49. The second kappa shape index (κ2) is 6.00. The van der Waals surface area contributed by atoms with E-state index in [4.69, 9.17) is 0 Å². The minimum Gasteiger partial charge on any atom is -0.480 e. The van der Waals surface area contributed by atoms with Crippen molar-refractivity contribution in [1.29, 1.82) is 0 Å². The Bertz CT molecular complexity index is 806. The molecular formula is C17H14FN3O2. The molecule has 3 rings (SSSR count). The molecule has 0 saturated carbocycles. The van der Waals surface area contributed by atoms with Crippen molar-refractivity contribution in [3.63, 3.8) is 0 Å². The van der Waals surface area contributed by atoms with Gasteiger partial charge in [-0.15, -0.1) is 0 Å². The van der Waals surface area contributed by atoms with Gasteiger partial charge in [-0.2, -0.15) is 5.10 Å². The Morgan fingerprint density at radius 1 is 1.13 bits per heavy atom. The average Bonchev–Trinajstić information content (AvgIpc) is 3.07. The van der Waals surface area contributed by atoms with Crippen LogP contribution in [0.2, 0.25) is 0 Å². The lowest BCUT2D eigenvalue weighted by Gasteiger charge is -2.30. The van der Waals surface area contributed by atoms with Gasteiger partial charge in [-0.05, 0) is 11.6 Å². The highest BCUT2D eigenvalue weighted by Crippen LogP contribution is 2.36. The zero-order chi connectivity index (χ0) is 16.3. The summed E-state index contributed by atoms with van der Waals surface area (Å²) < 4.78 is 15.8. The molecule has 0 fully saturated rings. The second-order valence-corrected chi connectivity index (χ2v) is 5.15. The number of carbonyl (C=O) groups is 1. The highest BCUT2D eigenvalue weighted by atomic mass is 19.1. The first-order valence-electron chi connectivity index (χ1n) is 7.01. The van der Waals surface area contributed by atoms with E-state index in [0.29, 0.717) is 5.56 Å². The molecule has 0 bridgehead atoms. The van der Waals surface area contributed by atoms with E-state index < -0.39 is 17.2 Å². The Labute approximate surface area is 132 Å². The Morgan fingerprint density at radius 3 is 2.43 bits per heavy atom. The summed E-state index contributed by atoms with van der Waals surface area (Å²) in [6, 6.07) is 14.5. The summed E-state index contributed by atoms with van der Waals surface area (Å²) in [7, 11) is 0. The molecule has 0 spiro atoms. The smallest absolute Gasteiger partial charge is 0.320 e. The summed E-state index contributed by atoms with van der Waals surface area (Å²) in [5, 5.41) is 14.0. The maximum atomic E-state index is 14.5. The van der Waals surface area contributed by atoms with Gasteiger partial charge in [0, 0.05) is 5.56 Å². The minimum absolute atomic E-state index is 0.0622. The third-order valence-electron chi connectivity index (χ3n) is 3.83. The van der Waals surface area contributed by atoms with E-state index in [1.807, 2.05) is 0 Å². The molecule has 1 unspecified atom stereocenters. The molecule has 2 aromatic carbocycles. The molecule has 0 amide bonds. The number of halogens is 1. The standard InChI is InChI=1S/C17H14FN3O2/c18-15-9-5-4-8-14(15)17(16(22)23,10-21-12-19-11-20-21)13-6-2-1-3-7-13/h1-9,11-12H,10H2,(H,22,23). The molecule has 0 aliphatic heterocycles. The van der Waals surface area contributed by atoms with Crippen molar-refractivity contribution < 1.29 is 14.3 Å². The maximum Gasteiger partial charge on any atom is 0.320 e. The Morgan fingerprint density at radius 2 is 1.83 bits per heavy atom. The molecule has 3 aromatic rings. The Hall–Kier alpha value is -3.02. The number of hydrogen-bond donors (Lipinski definition) is 1. The van der Waals surface area contributed by atoms with Gasteiger partial charge in [-0.1, -0.05) is 48.5 Å². The molecule has 0 aliphatic carbocycles. The lowest BCUT2D eigenvalue weighted by molar-refractivity contribution is -0.143. The molecule has 23 heavy (non-hydrogen) atoms. The third kappa shape index (κ3) is 2.59. The monoisotopic (exact) mass is 311 g/mol. The van der Waals surface area contributed by atoms with Crippen LogP contribution in [-0.2, 0) is 16.8 Å². The zero-order valence-corrected chi connectivity index (χ0v) is 12.1. The lowest BCUT2D eigenvalue weighted by Crippen LogP contribution is -2.42. The zero-order valence-electron chi connectivity index (χ0n) is 12.1. The van der Waals surface area contributed by atoms with Crippen molar-refractivity contribution in [2.24, 2.45) is 0 Å². The highest BCUT2D eigenvalue weighted by Gasteiger charge is 2.44. The topological polar surface area (TPSA) is 68.0 Å². The van der Waals surface area contributed by atoms with Gasteiger partial charge in [0.2, 0.25) is 0 Å². The number of hydrogen-bond acceptors (Lipinski definition) is 3. The molecule has 0 aliphatic rings. The lowest BCUT2D eigenvalue weighted by atomic mass is 9.74. The van der Waals surface area contributed by atoms with Crippen LogP contribution in [0.3, 0.4) is 0 Å². The summed E-state index contributed by atoms with van der Waals surface area (Å²) in [6.45, 7) is -0.0622. The summed E-state index contributed by atoms with van der Waals surface area (Å²) in [5.41, 5.74) is -1.03. The van der Waals surface area contributed by atoms with Gasteiger partial charge < -0.3 is 5.11 Å². The molecule has 1 N–H and O–H groups in total. The molecule has 116 valence electrons. The van der Waals surface area contributed by atoms with Gasteiger partial charge in [-0.3, -0.25) is 9.48 Å². The van der Waals surface area contributed by atoms with Gasteiger partial charge in [0.1, 0.15) is 23.9 Å². The molecule has 1 heterocycles. The van der Waals surface area contributed by atoms with Gasteiger partial charge in [0.25, 0.3) is 0 Å². The number of benzene rings is 2. The molecule has 6 heteroatoms. The van der Waals surface area contributed by atoms with Crippen LogP contribution in [0.1, 0.15) is 11.1 Å². The van der Waals surface area contributed by atoms with E-state index in [2.05, 4.69) is 10.1 Å². The van der Waals surface area contributed by atoms with E-state index in [-0.39, 0.29) is 12.1 Å². The van der Waals surface area contributed by atoms with Gasteiger partial charge in [0.05, 0.1) is 6.54 Å². The Balaban J connectivity index is 2.27. The number of rotatable bonds is 5. The molecule has 5 nitrogen and oxygen atoms in total. The highest BCUT2D eigenvalue weighted by molar-refractivity contribution is 5.86. The fourth-order valence-corrected chi connectivity index (χ4v) is 2.73. The van der Waals surface area contributed by atoms with Gasteiger partial charge in [-0.25, -0.2) is 9.37 Å². The van der Waals surface area contributed by atoms with E-state index >= 15 is 0 Å². The number of aromatic nitrogens is 3. The maximum absolute atomic E-state index is 14.5. The van der Waals surface area contributed by atoms with Crippen LogP contribution in [0, 0.1) is 5.82 Å². The van der Waals surface area contributed by atoms with Crippen LogP contribution < -0.4 is 0 Å². The fraction of sp³-hybridized carbons (Fsp3) is 0.118. The molecule has 1 atom stereocenters. The van der Waals surface area contributed by atoms with E-state index in [0.717, 1.165) is 0 Å². The van der Waals surface area contributed by atoms with Crippen LogP contribution >= 0.6 is 0 Å². The number of nitrogens with zero attached hydrogens (tertiary/aromatic N) is 3. The first kappa shape index (κ1) is 14.9. The first-order chi connectivity index (χ1) is 11.1. The number of carboxylic acid groups (broad SMARTS) is 1. The van der Waals surface area contributed by atoms with E-state index in [1.165, 1.54) is 35.5 Å². The summed E-state index contributed by atoms with van der Waals surface area (Å²) in [4.78, 5) is 16.1. The van der Waals surface area contributed by atoms with Crippen molar-refractivity contribution in [1.82, 2.24) is 14.8 Å². The SMILES string of the molecule is O=C(O)C(Cn1cncn1)(c1ccccc1)c1ccccc1F. The summed E-state index contributed by atoms with van der Waals surface area (Å²) in [6.07, 6.45) is 2.74. The molecule has 0 radical (unpaired) electrons. The van der Waals surface area contributed by atoms with Crippen LogP contribution in [0.5, 0.6) is 0 Å². The largest absolute Gasteiger partial charge is 0.480 e. The van der Waals surface area contributed by atoms with E-state index in [9.17, 15) is 14.3 Å². The van der Waals surface area contributed by atoms with E-state index in [1.54, 1.807) is 36.4 Å².